The molecule has 29 heavy (non-hydrogen) atoms. The highest BCUT2D eigenvalue weighted by Gasteiger charge is 2.73. The van der Waals surface area contributed by atoms with Crippen molar-refractivity contribution >= 4 is 5.78 Å². The SMILES string of the molecule is CCN1CC23C(=CCC[C@]45C[C@@H](OC)[C@H](CC24)C5=O)[C@@](COC)(CC[C@H]3OC)C1. The first kappa shape index (κ1) is 20.2. The maximum absolute atomic E-state index is 13.6. The Kier molecular flexibility index (Phi) is 4.78. The normalized spacial score (nSPS) is 48.8. The van der Waals surface area contributed by atoms with Crippen LogP contribution in [-0.2, 0) is 19.0 Å². The summed E-state index contributed by atoms with van der Waals surface area (Å²) in [5.74, 6) is 0.931. The second-order valence-electron chi connectivity index (χ2n) is 10.4. The number of ether oxygens (including phenoxy) is 3. The summed E-state index contributed by atoms with van der Waals surface area (Å²) in [4.78, 5) is 16.3. The molecule has 0 N–H and O–H groups in total. The van der Waals surface area contributed by atoms with Gasteiger partial charge in [-0.1, -0.05) is 18.6 Å². The van der Waals surface area contributed by atoms with E-state index in [2.05, 4.69) is 17.9 Å². The number of fused-ring (bicyclic) bond motifs is 1. The Balaban J connectivity index is 1.68. The summed E-state index contributed by atoms with van der Waals surface area (Å²) in [6.07, 6.45) is 8.83. The Hall–Kier alpha value is -0.750. The Morgan fingerprint density at radius 3 is 2.69 bits per heavy atom. The maximum atomic E-state index is 13.6. The third-order valence-corrected chi connectivity index (χ3v) is 9.56. The fourth-order valence-corrected chi connectivity index (χ4v) is 8.64. The molecule has 0 amide bonds. The smallest absolute Gasteiger partial charge is 0.145 e. The lowest BCUT2D eigenvalue weighted by Crippen LogP contribution is -2.67. The largest absolute Gasteiger partial charge is 0.384 e. The molecule has 7 atom stereocenters. The van der Waals surface area contributed by atoms with Crippen LogP contribution in [0.2, 0.25) is 0 Å². The highest BCUT2D eigenvalue weighted by Crippen LogP contribution is 2.71. The van der Waals surface area contributed by atoms with Crippen molar-refractivity contribution in [2.75, 3.05) is 47.6 Å². The van der Waals surface area contributed by atoms with Crippen molar-refractivity contribution in [2.24, 2.45) is 28.1 Å². The van der Waals surface area contributed by atoms with Gasteiger partial charge in [-0.3, -0.25) is 4.79 Å². The first-order valence-corrected chi connectivity index (χ1v) is 11.5. The van der Waals surface area contributed by atoms with E-state index in [1.165, 1.54) is 0 Å². The van der Waals surface area contributed by atoms with Crippen LogP contribution < -0.4 is 0 Å². The summed E-state index contributed by atoms with van der Waals surface area (Å²) < 4.78 is 17.9. The van der Waals surface area contributed by atoms with E-state index >= 15 is 0 Å². The van der Waals surface area contributed by atoms with Gasteiger partial charge in [0.05, 0.1) is 18.8 Å². The summed E-state index contributed by atoms with van der Waals surface area (Å²) in [7, 11) is 5.51. The fraction of sp³-hybridized carbons (Fsp3) is 0.875. The second kappa shape index (κ2) is 6.88. The van der Waals surface area contributed by atoms with E-state index in [0.717, 1.165) is 64.8 Å². The monoisotopic (exact) mass is 403 g/mol. The minimum Gasteiger partial charge on any atom is -0.384 e. The highest BCUT2D eigenvalue weighted by atomic mass is 16.5. The molecule has 2 unspecified atom stereocenters. The van der Waals surface area contributed by atoms with E-state index < -0.39 is 0 Å². The number of Topliss-reactive ketones (excluding diaryl/α,β-unsaturated/α-hetero) is 1. The van der Waals surface area contributed by atoms with Gasteiger partial charge in [0.25, 0.3) is 0 Å². The molecule has 1 heterocycles. The number of methoxy groups -OCH3 is 3. The number of rotatable bonds is 5. The molecule has 4 fully saturated rings. The number of carbonyl (C=O) groups is 1. The Labute approximate surface area is 175 Å². The number of ketones is 1. The van der Waals surface area contributed by atoms with E-state index in [9.17, 15) is 4.79 Å². The van der Waals surface area contributed by atoms with Crippen LogP contribution in [0.15, 0.2) is 11.6 Å². The number of piperidine rings is 1. The van der Waals surface area contributed by atoms with Crippen LogP contribution >= 0.6 is 0 Å². The van der Waals surface area contributed by atoms with Crippen LogP contribution in [0.5, 0.6) is 0 Å². The molecule has 0 aromatic rings. The van der Waals surface area contributed by atoms with Gasteiger partial charge in [0.1, 0.15) is 5.78 Å². The molecule has 5 nitrogen and oxygen atoms in total. The summed E-state index contributed by atoms with van der Waals surface area (Å²) in [6, 6.07) is 0. The number of carbonyl (C=O) groups excluding carboxylic acids is 1. The Morgan fingerprint density at radius 1 is 1.17 bits per heavy atom. The van der Waals surface area contributed by atoms with Gasteiger partial charge in [0, 0.05) is 56.6 Å². The minimum atomic E-state index is -0.229. The lowest BCUT2D eigenvalue weighted by atomic mass is 9.47. The Bertz CT molecular complexity index is 722. The summed E-state index contributed by atoms with van der Waals surface area (Å²) in [5, 5.41) is 0. The predicted molar refractivity (Wildman–Crippen MR) is 111 cm³/mol. The van der Waals surface area contributed by atoms with Crippen molar-refractivity contribution in [3.8, 4) is 0 Å². The standard InChI is InChI=1S/C24H37NO4/c1-5-25-13-22(15-27-2)10-8-20(29-4)24(14-25)18(22)7-6-9-23-12-17(28-3)16(21(23)26)11-19(23)24/h7,16-17,19-20H,5-6,8-15H2,1-4H3/t16-,17+,19?,20+,22-,23-,24?/m0/s1. The summed E-state index contributed by atoms with van der Waals surface area (Å²) >= 11 is 0. The van der Waals surface area contributed by atoms with Crippen molar-refractivity contribution < 1.29 is 19.0 Å². The molecule has 0 radical (unpaired) electrons. The van der Waals surface area contributed by atoms with Crippen molar-refractivity contribution in [3.05, 3.63) is 11.6 Å². The Morgan fingerprint density at radius 2 is 2.00 bits per heavy atom. The van der Waals surface area contributed by atoms with Crippen molar-refractivity contribution in [1.82, 2.24) is 4.90 Å². The van der Waals surface area contributed by atoms with Crippen LogP contribution in [0.1, 0.15) is 45.4 Å². The average molecular weight is 404 g/mol. The third-order valence-electron chi connectivity index (χ3n) is 9.56. The number of hydrogen-bond donors (Lipinski definition) is 0. The first-order chi connectivity index (χ1) is 14.0. The molecule has 4 aliphatic carbocycles. The molecule has 0 aromatic carbocycles. The molecular weight excluding hydrogens is 366 g/mol. The molecule has 162 valence electrons. The van der Waals surface area contributed by atoms with E-state index in [1.54, 1.807) is 12.7 Å². The zero-order chi connectivity index (χ0) is 20.4. The molecule has 4 bridgehead atoms. The van der Waals surface area contributed by atoms with E-state index in [4.69, 9.17) is 14.2 Å². The predicted octanol–water partition coefficient (Wildman–Crippen LogP) is 3.08. The van der Waals surface area contributed by atoms with Crippen LogP contribution in [0.25, 0.3) is 0 Å². The third kappa shape index (κ3) is 2.39. The molecule has 3 saturated carbocycles. The van der Waals surface area contributed by atoms with Gasteiger partial charge in [-0.2, -0.15) is 0 Å². The first-order valence-electron chi connectivity index (χ1n) is 11.5. The van der Waals surface area contributed by atoms with Crippen molar-refractivity contribution in [1.29, 1.82) is 0 Å². The van der Waals surface area contributed by atoms with Crippen molar-refractivity contribution in [2.45, 2.75) is 57.7 Å². The highest BCUT2D eigenvalue weighted by molar-refractivity contribution is 5.93. The lowest BCUT2D eigenvalue weighted by Gasteiger charge is -2.64. The quantitative estimate of drug-likeness (QED) is 0.660. The van der Waals surface area contributed by atoms with Gasteiger partial charge in [-0.05, 0) is 51.0 Å². The van der Waals surface area contributed by atoms with Crippen LogP contribution in [0.3, 0.4) is 0 Å². The van der Waals surface area contributed by atoms with E-state index in [0.29, 0.717) is 11.7 Å². The van der Waals surface area contributed by atoms with Gasteiger partial charge in [-0.15, -0.1) is 0 Å². The molecule has 1 saturated heterocycles. The van der Waals surface area contributed by atoms with Crippen molar-refractivity contribution in [3.63, 3.8) is 0 Å². The molecule has 5 heteroatoms. The maximum Gasteiger partial charge on any atom is 0.145 e. The zero-order valence-electron chi connectivity index (χ0n) is 18.5. The molecule has 5 aliphatic rings. The molecule has 5 rings (SSSR count). The molecule has 1 aliphatic heterocycles. The van der Waals surface area contributed by atoms with Gasteiger partial charge in [-0.25, -0.2) is 0 Å². The second-order valence-corrected chi connectivity index (χ2v) is 10.4. The molecule has 0 aromatic heterocycles. The number of hydrogen-bond acceptors (Lipinski definition) is 5. The van der Waals surface area contributed by atoms with Gasteiger partial charge >= 0.3 is 0 Å². The van der Waals surface area contributed by atoms with Gasteiger partial charge in [0.15, 0.2) is 0 Å². The minimum absolute atomic E-state index is 0.0646. The summed E-state index contributed by atoms with van der Waals surface area (Å²) in [6.45, 7) is 6.16. The number of nitrogens with zero attached hydrogens (tertiary/aromatic N) is 1. The number of likely N-dealkylation sites (tertiary alicyclic amines) is 1. The van der Waals surface area contributed by atoms with E-state index in [1.807, 2.05) is 14.2 Å². The number of allylic oxidation sites excluding steroid dienone is 1. The topological polar surface area (TPSA) is 48.0 Å². The fourth-order valence-electron chi connectivity index (χ4n) is 8.64. The zero-order valence-corrected chi connectivity index (χ0v) is 18.5. The average Bonchev–Trinajstić information content (AvgIpc) is 3.08. The van der Waals surface area contributed by atoms with E-state index in [-0.39, 0.29) is 34.4 Å². The van der Waals surface area contributed by atoms with Gasteiger partial charge < -0.3 is 19.1 Å². The van der Waals surface area contributed by atoms with Crippen LogP contribution in [-0.4, -0.2) is 70.5 Å². The molecule has 1 spiro atoms. The van der Waals surface area contributed by atoms with Crippen LogP contribution in [0.4, 0.5) is 0 Å². The van der Waals surface area contributed by atoms with Gasteiger partial charge in [0.2, 0.25) is 0 Å². The molecular formula is C24H37NO4. The summed E-state index contributed by atoms with van der Waals surface area (Å²) in [5.41, 5.74) is 1.34. The lowest BCUT2D eigenvalue weighted by molar-refractivity contribution is -0.156. The van der Waals surface area contributed by atoms with Crippen LogP contribution in [0, 0.1) is 28.1 Å².